The first kappa shape index (κ1) is 17.4. The number of likely N-dealkylation sites (tertiary alicyclic amines) is 1. The monoisotopic (exact) mass is 490 g/mol. The summed E-state index contributed by atoms with van der Waals surface area (Å²) in [6.45, 7) is 0. The predicted octanol–water partition coefficient (Wildman–Crippen LogP) is 3.46. The molecule has 5 nitrogen and oxygen atoms in total. The van der Waals surface area contributed by atoms with E-state index in [0.717, 1.165) is 21.3 Å². The van der Waals surface area contributed by atoms with Crippen molar-refractivity contribution in [3.05, 3.63) is 64.1 Å². The maximum Gasteiger partial charge on any atom is 0.261 e. The number of anilines is 1. The molecular formula is C20H16Br2N2O3. The van der Waals surface area contributed by atoms with Gasteiger partial charge in [-0.3, -0.25) is 19.3 Å². The van der Waals surface area contributed by atoms with Gasteiger partial charge < -0.3 is 0 Å². The second-order valence-electron chi connectivity index (χ2n) is 7.14. The minimum atomic E-state index is -0.751. The molecule has 5 rings (SSSR count). The first-order valence-electron chi connectivity index (χ1n) is 8.75. The number of fused-ring (bicyclic) bond motifs is 5. The van der Waals surface area contributed by atoms with Crippen LogP contribution in [0.25, 0.3) is 0 Å². The third-order valence-corrected chi connectivity index (χ3v) is 7.31. The molecule has 0 N–H and O–H groups in total. The highest BCUT2D eigenvalue weighted by atomic mass is 79.9. The van der Waals surface area contributed by atoms with E-state index < -0.39 is 12.0 Å². The molecule has 2 amide bonds. The Morgan fingerprint density at radius 3 is 2.52 bits per heavy atom. The Morgan fingerprint density at radius 2 is 1.78 bits per heavy atom. The van der Waals surface area contributed by atoms with Gasteiger partial charge >= 0.3 is 0 Å². The summed E-state index contributed by atoms with van der Waals surface area (Å²) in [5.74, 6) is -0.908. The first-order valence-corrected chi connectivity index (χ1v) is 10.5. The Hall–Kier alpha value is -1.70. The van der Waals surface area contributed by atoms with Crippen LogP contribution in [0.5, 0.6) is 0 Å². The minimum absolute atomic E-state index is 0.0381. The SMILES string of the molecule is CN1C(=O)[C@H]2[C@@H]3[C@@H](Br)[C@H](c4ccccc4)c4cc(Br)ccc4N3O[C@H]2C1=O. The molecule has 3 heterocycles. The summed E-state index contributed by atoms with van der Waals surface area (Å²) >= 11 is 7.45. The van der Waals surface area contributed by atoms with Gasteiger partial charge in [-0.25, -0.2) is 5.06 Å². The van der Waals surface area contributed by atoms with Crippen molar-refractivity contribution in [1.29, 1.82) is 0 Å². The average Bonchev–Trinajstić information content (AvgIpc) is 3.16. The van der Waals surface area contributed by atoms with E-state index in [9.17, 15) is 9.59 Å². The van der Waals surface area contributed by atoms with E-state index in [0.29, 0.717) is 0 Å². The molecule has 0 spiro atoms. The number of carbonyl (C=O) groups excluding carboxylic acids is 2. The van der Waals surface area contributed by atoms with Gasteiger partial charge in [-0.1, -0.05) is 62.2 Å². The molecule has 0 aliphatic carbocycles. The van der Waals surface area contributed by atoms with Crippen LogP contribution in [0, 0.1) is 5.92 Å². The predicted molar refractivity (Wildman–Crippen MR) is 108 cm³/mol. The third kappa shape index (κ3) is 2.38. The summed E-state index contributed by atoms with van der Waals surface area (Å²) in [5.41, 5.74) is 3.17. The van der Waals surface area contributed by atoms with Crippen molar-refractivity contribution < 1.29 is 14.4 Å². The largest absolute Gasteiger partial charge is 0.283 e. The highest BCUT2D eigenvalue weighted by Crippen LogP contribution is 2.52. The molecule has 7 heteroatoms. The van der Waals surface area contributed by atoms with Gasteiger partial charge in [0.15, 0.2) is 6.10 Å². The third-order valence-electron chi connectivity index (χ3n) is 5.75. The highest BCUT2D eigenvalue weighted by molar-refractivity contribution is 9.10. The van der Waals surface area contributed by atoms with Gasteiger partial charge in [0.25, 0.3) is 5.91 Å². The van der Waals surface area contributed by atoms with E-state index in [4.69, 9.17) is 4.84 Å². The van der Waals surface area contributed by atoms with Crippen molar-refractivity contribution in [2.24, 2.45) is 5.92 Å². The van der Waals surface area contributed by atoms with Crippen LogP contribution in [0.1, 0.15) is 17.0 Å². The van der Waals surface area contributed by atoms with Crippen LogP contribution in [-0.2, 0) is 14.4 Å². The van der Waals surface area contributed by atoms with Crippen LogP contribution in [0.15, 0.2) is 53.0 Å². The van der Waals surface area contributed by atoms with Crippen molar-refractivity contribution in [2.45, 2.75) is 22.9 Å². The Morgan fingerprint density at radius 1 is 1.04 bits per heavy atom. The average molecular weight is 492 g/mol. The molecule has 2 saturated heterocycles. The van der Waals surface area contributed by atoms with Crippen LogP contribution < -0.4 is 5.06 Å². The standard InChI is InChI=1S/C20H16Br2N2O3/c1-23-19(25)15-17-16(22)14(10-5-3-2-4-6-10)12-9-11(21)7-8-13(12)24(17)27-18(15)20(23)26/h2-9,14-18H,1H3/t14-,15+,16+,17-,18-/m1/s1. The van der Waals surface area contributed by atoms with E-state index in [-0.39, 0.29) is 28.6 Å². The lowest BCUT2D eigenvalue weighted by Crippen LogP contribution is -2.49. The minimum Gasteiger partial charge on any atom is -0.283 e. The zero-order valence-electron chi connectivity index (χ0n) is 14.4. The molecule has 0 radical (unpaired) electrons. The van der Waals surface area contributed by atoms with Crippen LogP contribution >= 0.6 is 31.9 Å². The van der Waals surface area contributed by atoms with E-state index in [1.807, 2.05) is 30.3 Å². The van der Waals surface area contributed by atoms with E-state index in [2.05, 4.69) is 50.1 Å². The van der Waals surface area contributed by atoms with Gasteiger partial charge in [-0.2, -0.15) is 0 Å². The van der Waals surface area contributed by atoms with Gasteiger partial charge in [0.1, 0.15) is 5.92 Å². The Balaban J connectivity index is 1.69. The van der Waals surface area contributed by atoms with Crippen LogP contribution in [0.3, 0.4) is 0 Å². The molecule has 0 unspecified atom stereocenters. The Kier molecular flexibility index (Phi) is 3.97. The fourth-order valence-electron chi connectivity index (χ4n) is 4.49. The molecule has 0 saturated carbocycles. The number of amides is 2. The lowest BCUT2D eigenvalue weighted by molar-refractivity contribution is -0.141. The quantitative estimate of drug-likeness (QED) is 0.452. The number of carbonyl (C=O) groups is 2. The Bertz CT molecular complexity index is 951. The number of nitrogens with zero attached hydrogens (tertiary/aromatic N) is 2. The molecule has 0 bridgehead atoms. The zero-order valence-corrected chi connectivity index (χ0v) is 17.6. The summed E-state index contributed by atoms with van der Waals surface area (Å²) < 4.78 is 0.978. The summed E-state index contributed by atoms with van der Waals surface area (Å²) in [6, 6.07) is 16.0. The van der Waals surface area contributed by atoms with E-state index >= 15 is 0 Å². The number of hydrogen-bond donors (Lipinski definition) is 0. The highest BCUT2D eigenvalue weighted by Gasteiger charge is 2.62. The molecule has 27 heavy (non-hydrogen) atoms. The fraction of sp³-hybridized carbons (Fsp3) is 0.300. The first-order chi connectivity index (χ1) is 13.0. The second-order valence-corrected chi connectivity index (χ2v) is 9.11. The lowest BCUT2D eigenvalue weighted by atomic mass is 9.78. The summed E-state index contributed by atoms with van der Waals surface area (Å²) in [5, 5.41) is 1.78. The number of likely N-dealkylation sites (N-methyl/N-ethyl adjacent to an activating group) is 1. The topological polar surface area (TPSA) is 49.9 Å². The normalized spacial score (nSPS) is 31.7. The van der Waals surface area contributed by atoms with Crippen molar-refractivity contribution in [1.82, 2.24) is 4.90 Å². The maximum absolute atomic E-state index is 12.8. The summed E-state index contributed by atoms with van der Waals surface area (Å²) in [6.07, 6.45) is -0.751. The molecule has 0 aromatic heterocycles. The molecular weight excluding hydrogens is 476 g/mol. The number of benzene rings is 2. The zero-order chi connectivity index (χ0) is 18.9. The number of alkyl halides is 1. The smallest absolute Gasteiger partial charge is 0.261 e. The Labute approximate surface area is 173 Å². The molecule has 138 valence electrons. The lowest BCUT2D eigenvalue weighted by Gasteiger charge is -2.42. The molecule has 2 aromatic rings. The van der Waals surface area contributed by atoms with Crippen molar-refractivity contribution in [3.8, 4) is 0 Å². The van der Waals surface area contributed by atoms with Crippen LogP contribution in [-0.4, -0.2) is 40.7 Å². The number of halogens is 2. The van der Waals surface area contributed by atoms with E-state index in [1.54, 1.807) is 5.06 Å². The van der Waals surface area contributed by atoms with Gasteiger partial charge in [-0.15, -0.1) is 0 Å². The van der Waals surface area contributed by atoms with Gasteiger partial charge in [0.05, 0.1) is 11.7 Å². The summed E-state index contributed by atoms with van der Waals surface area (Å²) in [4.78, 5) is 32.4. The number of hydroxylamine groups is 1. The summed E-state index contributed by atoms with van der Waals surface area (Å²) in [7, 11) is 1.53. The molecule has 2 fully saturated rings. The molecule has 5 atom stereocenters. The second kappa shape index (κ2) is 6.15. The molecule has 2 aromatic carbocycles. The van der Waals surface area contributed by atoms with Gasteiger partial charge in [0, 0.05) is 22.3 Å². The maximum atomic E-state index is 12.8. The number of rotatable bonds is 1. The van der Waals surface area contributed by atoms with Crippen molar-refractivity contribution >= 4 is 49.4 Å². The number of imide groups is 1. The van der Waals surface area contributed by atoms with Crippen LogP contribution in [0.2, 0.25) is 0 Å². The molecule has 3 aliphatic heterocycles. The van der Waals surface area contributed by atoms with Gasteiger partial charge in [0.2, 0.25) is 5.91 Å². The van der Waals surface area contributed by atoms with Crippen molar-refractivity contribution in [2.75, 3.05) is 12.1 Å². The fourth-order valence-corrected chi connectivity index (χ4v) is 6.01. The van der Waals surface area contributed by atoms with Crippen LogP contribution in [0.4, 0.5) is 5.69 Å². The number of hydrogen-bond acceptors (Lipinski definition) is 4. The van der Waals surface area contributed by atoms with Crippen molar-refractivity contribution in [3.63, 3.8) is 0 Å². The molecule has 3 aliphatic rings. The van der Waals surface area contributed by atoms with E-state index in [1.165, 1.54) is 11.9 Å². The van der Waals surface area contributed by atoms with Gasteiger partial charge in [-0.05, 0) is 29.3 Å².